The molecule has 1 aromatic heterocycles. The highest BCUT2D eigenvalue weighted by atomic mass is 32.2. The molecular formula is C15H16F3N3O4S. The largest absolute Gasteiger partial charge is 0.416 e. The average molecular weight is 391 g/mol. The third kappa shape index (κ3) is 4.22. The number of nitrogens with zero attached hydrogens (tertiary/aromatic N) is 2. The highest BCUT2D eigenvalue weighted by molar-refractivity contribution is 7.89. The van der Waals surface area contributed by atoms with Crippen LogP contribution in [0.4, 0.5) is 13.2 Å². The molecule has 1 atom stereocenters. The molecule has 11 heteroatoms. The van der Waals surface area contributed by atoms with Gasteiger partial charge in [-0.1, -0.05) is 6.07 Å². The Hall–Kier alpha value is -2.40. The van der Waals surface area contributed by atoms with Crippen LogP contribution in [0, 0.1) is 6.92 Å². The lowest BCUT2D eigenvalue weighted by Gasteiger charge is -2.18. The minimum absolute atomic E-state index is 0.0983. The van der Waals surface area contributed by atoms with E-state index in [-0.39, 0.29) is 11.4 Å². The molecule has 0 bridgehead atoms. The van der Waals surface area contributed by atoms with Crippen LogP contribution in [-0.2, 0) is 16.2 Å². The summed E-state index contributed by atoms with van der Waals surface area (Å²) in [5.74, 6) is -0.673. The summed E-state index contributed by atoms with van der Waals surface area (Å²) in [7, 11) is -3.98. The number of sulfonamides is 1. The normalized spacial score (nSPS) is 13.6. The molecule has 2 aromatic rings. The van der Waals surface area contributed by atoms with E-state index in [1.54, 1.807) is 0 Å². The number of primary sulfonamides is 1. The fourth-order valence-electron chi connectivity index (χ4n) is 2.62. The number of hydrogen-bond donors (Lipinski definition) is 1. The number of benzene rings is 1. The van der Waals surface area contributed by atoms with Crippen LogP contribution < -0.4 is 16.4 Å². The lowest BCUT2D eigenvalue weighted by Crippen LogP contribution is -2.43. The molecule has 0 radical (unpaired) electrons. The third-order valence-corrected chi connectivity index (χ3v) is 4.61. The first kappa shape index (κ1) is 19.9. The van der Waals surface area contributed by atoms with Gasteiger partial charge in [-0.25, -0.2) is 18.4 Å². The maximum Gasteiger partial charge on any atom is 0.416 e. The summed E-state index contributed by atoms with van der Waals surface area (Å²) in [5, 5.41) is 4.94. The molecule has 2 N–H and O–H groups in total. The Labute approximate surface area is 146 Å². The molecule has 26 heavy (non-hydrogen) atoms. The van der Waals surface area contributed by atoms with Gasteiger partial charge in [-0.05, 0) is 32.0 Å². The smallest absolute Gasteiger partial charge is 0.269 e. The number of rotatable bonds is 4. The Morgan fingerprint density at radius 3 is 2.35 bits per heavy atom. The van der Waals surface area contributed by atoms with Crippen LogP contribution in [0.15, 0.2) is 39.9 Å². The predicted octanol–water partition coefficient (Wildman–Crippen LogP) is 1.18. The van der Waals surface area contributed by atoms with E-state index in [1.807, 2.05) is 0 Å². The molecule has 0 aliphatic rings. The van der Waals surface area contributed by atoms with Gasteiger partial charge in [-0.2, -0.15) is 13.2 Å². The first-order valence-electron chi connectivity index (χ1n) is 7.34. The van der Waals surface area contributed by atoms with Crippen LogP contribution in [0.3, 0.4) is 0 Å². The quantitative estimate of drug-likeness (QED) is 0.845. The van der Waals surface area contributed by atoms with Crippen molar-refractivity contribution in [3.05, 3.63) is 62.4 Å². The van der Waals surface area contributed by atoms with Gasteiger partial charge in [0.25, 0.3) is 5.56 Å². The molecule has 2 rings (SSSR count). The van der Waals surface area contributed by atoms with Crippen molar-refractivity contribution in [3.63, 3.8) is 0 Å². The highest BCUT2D eigenvalue weighted by Crippen LogP contribution is 2.30. The van der Waals surface area contributed by atoms with Gasteiger partial charge in [0.15, 0.2) is 0 Å². The maximum absolute atomic E-state index is 12.9. The Balaban J connectivity index is 2.71. The van der Waals surface area contributed by atoms with E-state index in [9.17, 15) is 31.2 Å². The SMILES string of the molecule is Cc1cc(=O)n(C(C)CS(N)(=O)=O)c(=O)n1-c1cccc(C(F)(F)F)c1. The van der Waals surface area contributed by atoms with Gasteiger partial charge in [0.1, 0.15) is 0 Å². The second kappa shape index (κ2) is 6.72. The molecule has 1 unspecified atom stereocenters. The van der Waals surface area contributed by atoms with Gasteiger partial charge < -0.3 is 0 Å². The van der Waals surface area contributed by atoms with Crippen LogP contribution in [0.2, 0.25) is 0 Å². The summed E-state index contributed by atoms with van der Waals surface area (Å²) in [4.78, 5) is 24.8. The fraction of sp³-hybridized carbons (Fsp3) is 0.333. The summed E-state index contributed by atoms with van der Waals surface area (Å²) in [5.41, 5.74) is -2.67. The van der Waals surface area contributed by atoms with E-state index in [2.05, 4.69) is 0 Å². The molecule has 1 heterocycles. The zero-order valence-corrected chi connectivity index (χ0v) is 14.6. The molecule has 0 spiro atoms. The van der Waals surface area contributed by atoms with E-state index in [1.165, 1.54) is 19.9 Å². The molecule has 142 valence electrons. The lowest BCUT2D eigenvalue weighted by atomic mass is 10.2. The number of alkyl halides is 3. The molecule has 0 saturated carbocycles. The molecule has 1 aromatic carbocycles. The topological polar surface area (TPSA) is 104 Å². The van der Waals surface area contributed by atoms with Crippen LogP contribution in [-0.4, -0.2) is 23.3 Å². The van der Waals surface area contributed by atoms with Crippen LogP contribution >= 0.6 is 0 Å². The second-order valence-electron chi connectivity index (χ2n) is 5.84. The summed E-state index contributed by atoms with van der Waals surface area (Å²) >= 11 is 0. The highest BCUT2D eigenvalue weighted by Gasteiger charge is 2.31. The standard InChI is InChI=1S/C15H16F3N3O4S/c1-9-6-13(22)21(10(2)8-26(19,24)25)14(23)20(9)12-5-3-4-11(7-12)15(16,17)18/h3-7,10H,8H2,1-2H3,(H2,19,24,25). The van der Waals surface area contributed by atoms with Crippen molar-refractivity contribution in [2.45, 2.75) is 26.1 Å². The first-order chi connectivity index (χ1) is 11.8. The van der Waals surface area contributed by atoms with Crippen LogP contribution in [0.1, 0.15) is 24.2 Å². The van der Waals surface area contributed by atoms with E-state index in [4.69, 9.17) is 5.14 Å². The van der Waals surface area contributed by atoms with Crippen molar-refractivity contribution < 1.29 is 21.6 Å². The minimum atomic E-state index is -4.61. The number of nitrogens with two attached hydrogens (primary N) is 1. The molecule has 7 nitrogen and oxygen atoms in total. The van der Waals surface area contributed by atoms with E-state index >= 15 is 0 Å². The second-order valence-corrected chi connectivity index (χ2v) is 7.50. The van der Waals surface area contributed by atoms with E-state index in [0.29, 0.717) is 4.57 Å². The Morgan fingerprint density at radius 2 is 1.81 bits per heavy atom. The van der Waals surface area contributed by atoms with Gasteiger partial charge in [0.2, 0.25) is 10.0 Å². The summed E-state index contributed by atoms with van der Waals surface area (Å²) < 4.78 is 62.8. The number of halogens is 3. The maximum atomic E-state index is 12.9. The van der Waals surface area contributed by atoms with Crippen LogP contribution in [0.25, 0.3) is 5.69 Å². The Kier molecular flexibility index (Phi) is 5.15. The van der Waals surface area contributed by atoms with Gasteiger partial charge >= 0.3 is 11.9 Å². The first-order valence-corrected chi connectivity index (χ1v) is 9.06. The summed E-state index contributed by atoms with van der Waals surface area (Å²) in [6.45, 7) is 2.69. The van der Waals surface area contributed by atoms with Gasteiger partial charge in [0, 0.05) is 11.8 Å². The van der Waals surface area contributed by atoms with Gasteiger partial charge in [-0.3, -0.25) is 13.9 Å². The molecule has 0 amide bonds. The van der Waals surface area contributed by atoms with Crippen molar-refractivity contribution in [2.24, 2.45) is 5.14 Å². The molecule has 0 aliphatic carbocycles. The zero-order valence-electron chi connectivity index (χ0n) is 13.8. The minimum Gasteiger partial charge on any atom is -0.269 e. The van der Waals surface area contributed by atoms with Crippen molar-refractivity contribution in [1.82, 2.24) is 9.13 Å². The Morgan fingerprint density at radius 1 is 1.19 bits per heavy atom. The van der Waals surface area contributed by atoms with Crippen molar-refractivity contribution in [3.8, 4) is 5.69 Å². The molecular weight excluding hydrogens is 375 g/mol. The number of hydrogen-bond acceptors (Lipinski definition) is 4. The summed E-state index contributed by atoms with van der Waals surface area (Å²) in [6.07, 6.45) is -4.61. The molecule has 0 saturated heterocycles. The average Bonchev–Trinajstić information content (AvgIpc) is 2.44. The van der Waals surface area contributed by atoms with E-state index in [0.717, 1.165) is 28.8 Å². The van der Waals surface area contributed by atoms with E-state index < -0.39 is 44.8 Å². The van der Waals surface area contributed by atoms with Crippen molar-refractivity contribution in [2.75, 3.05) is 5.75 Å². The van der Waals surface area contributed by atoms with Crippen molar-refractivity contribution in [1.29, 1.82) is 0 Å². The van der Waals surface area contributed by atoms with Gasteiger partial charge in [-0.15, -0.1) is 0 Å². The van der Waals surface area contributed by atoms with Crippen LogP contribution in [0.5, 0.6) is 0 Å². The number of aryl methyl sites for hydroxylation is 1. The molecule has 0 aliphatic heterocycles. The predicted molar refractivity (Wildman–Crippen MR) is 88.7 cm³/mol. The monoisotopic (exact) mass is 391 g/mol. The zero-order chi connectivity index (χ0) is 19.9. The third-order valence-electron chi connectivity index (χ3n) is 3.67. The lowest BCUT2D eigenvalue weighted by molar-refractivity contribution is -0.137. The fourth-order valence-corrected chi connectivity index (χ4v) is 3.44. The number of aromatic nitrogens is 2. The summed E-state index contributed by atoms with van der Waals surface area (Å²) in [6, 6.07) is 3.98. The van der Waals surface area contributed by atoms with Crippen molar-refractivity contribution >= 4 is 10.0 Å². The van der Waals surface area contributed by atoms with Gasteiger partial charge in [0.05, 0.1) is 23.0 Å². The Bertz CT molecular complexity index is 1060. The molecule has 0 fully saturated rings.